The monoisotopic (exact) mass is 390 g/mol. The third-order valence-corrected chi connectivity index (χ3v) is 4.08. The van der Waals surface area contributed by atoms with Crippen molar-refractivity contribution in [3.8, 4) is 11.5 Å². The van der Waals surface area contributed by atoms with Crippen molar-refractivity contribution in [3.05, 3.63) is 35.7 Å². The molecule has 28 heavy (non-hydrogen) atoms. The number of benzene rings is 1. The summed E-state index contributed by atoms with van der Waals surface area (Å²) in [6.45, 7) is 6.59. The predicted molar refractivity (Wildman–Crippen MR) is 101 cm³/mol. The topological polar surface area (TPSA) is 116 Å². The first-order chi connectivity index (χ1) is 13.3. The van der Waals surface area contributed by atoms with E-state index in [0.717, 1.165) is 12.0 Å². The van der Waals surface area contributed by atoms with E-state index in [-0.39, 0.29) is 24.2 Å². The van der Waals surface area contributed by atoms with Crippen LogP contribution < -0.4 is 14.8 Å². The van der Waals surface area contributed by atoms with E-state index in [1.807, 2.05) is 25.1 Å². The fraction of sp³-hybridized carbons (Fsp3) is 0.474. The lowest BCUT2D eigenvalue weighted by Gasteiger charge is -2.17. The fourth-order valence-corrected chi connectivity index (χ4v) is 2.47. The van der Waals surface area contributed by atoms with Gasteiger partial charge in [0.2, 0.25) is 5.91 Å². The number of carboxylic acids is 1. The number of carboxylic acid groups (broad SMARTS) is 1. The lowest BCUT2D eigenvalue weighted by atomic mass is 10.1. The zero-order valence-electron chi connectivity index (χ0n) is 16.5. The summed E-state index contributed by atoms with van der Waals surface area (Å²) in [4.78, 5) is 23.0. The van der Waals surface area contributed by atoms with Crippen LogP contribution in [0, 0.1) is 5.92 Å². The molecule has 0 saturated carbocycles. The largest absolute Gasteiger partial charge is 0.493 e. The van der Waals surface area contributed by atoms with Crippen LogP contribution >= 0.6 is 0 Å². The van der Waals surface area contributed by atoms with Crippen molar-refractivity contribution in [1.82, 2.24) is 20.3 Å². The number of ether oxygens (including phenoxy) is 2. The third kappa shape index (κ3) is 5.97. The first-order valence-electron chi connectivity index (χ1n) is 9.03. The minimum Gasteiger partial charge on any atom is -0.493 e. The molecule has 1 unspecified atom stereocenters. The van der Waals surface area contributed by atoms with E-state index in [1.54, 1.807) is 7.11 Å². The highest BCUT2D eigenvalue weighted by molar-refractivity contribution is 5.84. The van der Waals surface area contributed by atoms with Gasteiger partial charge >= 0.3 is 5.97 Å². The summed E-state index contributed by atoms with van der Waals surface area (Å²) in [5, 5.41) is 18.8. The van der Waals surface area contributed by atoms with E-state index in [1.165, 1.54) is 10.9 Å². The van der Waals surface area contributed by atoms with E-state index >= 15 is 0 Å². The Morgan fingerprint density at radius 3 is 2.61 bits per heavy atom. The van der Waals surface area contributed by atoms with Crippen LogP contribution in [0.4, 0.5) is 0 Å². The molecule has 0 spiro atoms. The molecule has 2 rings (SSSR count). The van der Waals surface area contributed by atoms with Crippen LogP contribution in [-0.2, 0) is 11.3 Å². The number of aromatic carboxylic acids is 1. The van der Waals surface area contributed by atoms with Crippen molar-refractivity contribution in [3.63, 3.8) is 0 Å². The van der Waals surface area contributed by atoms with Gasteiger partial charge in [-0.3, -0.25) is 4.79 Å². The number of aromatic nitrogens is 3. The number of nitrogens with one attached hydrogen (secondary N) is 1. The van der Waals surface area contributed by atoms with Crippen LogP contribution in [0.25, 0.3) is 0 Å². The molecule has 2 aromatic rings. The van der Waals surface area contributed by atoms with Gasteiger partial charge in [-0.05, 0) is 37.0 Å². The Labute approximate surface area is 163 Å². The first-order valence-corrected chi connectivity index (χ1v) is 9.03. The van der Waals surface area contributed by atoms with Crippen LogP contribution in [0.15, 0.2) is 24.4 Å². The molecule has 0 aliphatic heterocycles. The van der Waals surface area contributed by atoms with Crippen LogP contribution in [0.1, 0.15) is 49.3 Å². The van der Waals surface area contributed by atoms with Crippen LogP contribution in [0.5, 0.6) is 11.5 Å². The summed E-state index contributed by atoms with van der Waals surface area (Å²) >= 11 is 0. The summed E-state index contributed by atoms with van der Waals surface area (Å²) in [6, 6.07) is 5.24. The number of hydrogen-bond acceptors (Lipinski definition) is 6. The molecule has 1 heterocycles. The number of methoxy groups -OCH3 is 1. The average Bonchev–Trinajstić information content (AvgIpc) is 3.10. The van der Waals surface area contributed by atoms with Gasteiger partial charge in [0.15, 0.2) is 17.2 Å². The van der Waals surface area contributed by atoms with Gasteiger partial charge in [0, 0.05) is 0 Å². The van der Waals surface area contributed by atoms with Crippen LogP contribution in [0.3, 0.4) is 0 Å². The second-order valence-corrected chi connectivity index (χ2v) is 6.84. The highest BCUT2D eigenvalue weighted by atomic mass is 16.5. The molecular formula is C19H26N4O5. The molecule has 1 aromatic heterocycles. The lowest BCUT2D eigenvalue weighted by molar-refractivity contribution is -0.122. The zero-order chi connectivity index (χ0) is 20.7. The van der Waals surface area contributed by atoms with Gasteiger partial charge in [0.25, 0.3) is 0 Å². The molecule has 0 fully saturated rings. The molecule has 2 N–H and O–H groups in total. The van der Waals surface area contributed by atoms with E-state index < -0.39 is 5.97 Å². The molecule has 152 valence electrons. The number of carbonyl (C=O) groups is 2. The minimum absolute atomic E-state index is 0.127. The second kappa shape index (κ2) is 9.72. The Morgan fingerprint density at radius 1 is 1.25 bits per heavy atom. The van der Waals surface area contributed by atoms with Crippen molar-refractivity contribution in [1.29, 1.82) is 0 Å². The van der Waals surface area contributed by atoms with E-state index in [9.17, 15) is 9.59 Å². The summed E-state index contributed by atoms with van der Waals surface area (Å²) in [5.74, 6) is 0.310. The van der Waals surface area contributed by atoms with Crippen LogP contribution in [0.2, 0.25) is 0 Å². The summed E-state index contributed by atoms with van der Waals surface area (Å²) < 4.78 is 12.4. The van der Waals surface area contributed by atoms with Crippen molar-refractivity contribution in [2.45, 2.75) is 39.8 Å². The first kappa shape index (κ1) is 21.2. The third-order valence-electron chi connectivity index (χ3n) is 4.08. The van der Waals surface area contributed by atoms with Gasteiger partial charge in [0.05, 0.1) is 26.0 Å². The smallest absolute Gasteiger partial charge is 0.358 e. The number of hydrogen-bond donors (Lipinski definition) is 2. The van der Waals surface area contributed by atoms with Crippen molar-refractivity contribution in [2.75, 3.05) is 13.7 Å². The summed E-state index contributed by atoms with van der Waals surface area (Å²) in [7, 11) is 1.57. The number of rotatable bonds is 10. The molecular weight excluding hydrogens is 364 g/mol. The SMILES string of the molecule is COc1cc(C(C)NC(=O)Cn2cc(C(=O)O)nn2)ccc1OCCC(C)C. The van der Waals surface area contributed by atoms with Gasteiger partial charge in [-0.1, -0.05) is 25.1 Å². The van der Waals surface area contributed by atoms with E-state index in [2.05, 4.69) is 29.5 Å². The fourth-order valence-electron chi connectivity index (χ4n) is 2.47. The van der Waals surface area contributed by atoms with Crippen molar-refractivity contribution < 1.29 is 24.2 Å². The molecule has 0 aliphatic carbocycles. The second-order valence-electron chi connectivity index (χ2n) is 6.84. The molecule has 9 heteroatoms. The quantitative estimate of drug-likeness (QED) is 0.639. The molecule has 0 bridgehead atoms. The predicted octanol–water partition coefficient (Wildman–Crippen LogP) is 2.29. The Kier molecular flexibility index (Phi) is 7.36. The number of nitrogens with zero attached hydrogens (tertiary/aromatic N) is 3. The number of carbonyl (C=O) groups excluding carboxylic acids is 1. The average molecular weight is 390 g/mol. The molecule has 1 atom stereocenters. The maximum absolute atomic E-state index is 12.2. The molecule has 1 amide bonds. The lowest BCUT2D eigenvalue weighted by Crippen LogP contribution is -2.30. The maximum atomic E-state index is 12.2. The summed E-state index contributed by atoms with van der Waals surface area (Å²) in [5.41, 5.74) is 0.643. The van der Waals surface area contributed by atoms with Gasteiger partial charge in [-0.15, -0.1) is 5.10 Å². The molecule has 0 radical (unpaired) electrons. The zero-order valence-corrected chi connectivity index (χ0v) is 16.5. The Hall–Kier alpha value is -3.10. The number of amides is 1. The van der Waals surface area contributed by atoms with Gasteiger partial charge in [-0.25, -0.2) is 9.48 Å². The van der Waals surface area contributed by atoms with E-state index in [4.69, 9.17) is 14.6 Å². The van der Waals surface area contributed by atoms with E-state index in [0.29, 0.717) is 24.0 Å². The Bertz CT molecular complexity index is 818. The van der Waals surface area contributed by atoms with Gasteiger partial charge in [-0.2, -0.15) is 0 Å². The Morgan fingerprint density at radius 2 is 2.00 bits per heavy atom. The Balaban J connectivity index is 1.97. The summed E-state index contributed by atoms with van der Waals surface area (Å²) in [6.07, 6.45) is 2.15. The molecule has 0 aliphatic rings. The maximum Gasteiger partial charge on any atom is 0.358 e. The van der Waals surface area contributed by atoms with Crippen molar-refractivity contribution >= 4 is 11.9 Å². The normalized spacial score (nSPS) is 11.9. The standard InChI is InChI=1S/C19H26N4O5/c1-12(2)7-8-28-16-6-5-14(9-17(16)27-4)13(3)20-18(24)11-23-10-15(19(25)26)21-22-23/h5-6,9-10,12-13H,7-8,11H2,1-4H3,(H,20,24)(H,25,26). The molecule has 0 saturated heterocycles. The van der Waals surface area contributed by atoms with Crippen LogP contribution in [-0.4, -0.2) is 45.7 Å². The highest BCUT2D eigenvalue weighted by Gasteiger charge is 2.15. The van der Waals surface area contributed by atoms with Crippen molar-refractivity contribution in [2.24, 2.45) is 5.92 Å². The van der Waals surface area contributed by atoms with Gasteiger partial charge < -0.3 is 19.9 Å². The highest BCUT2D eigenvalue weighted by Crippen LogP contribution is 2.30. The molecule has 1 aromatic carbocycles. The van der Waals surface area contributed by atoms with Gasteiger partial charge in [0.1, 0.15) is 6.54 Å². The minimum atomic E-state index is -1.19. The molecule has 9 nitrogen and oxygen atoms in total.